The van der Waals surface area contributed by atoms with Crippen LogP contribution in [-0.2, 0) is 0 Å². The summed E-state index contributed by atoms with van der Waals surface area (Å²) in [5.74, 6) is 6.51. The molecule has 1 unspecified atom stereocenters. The highest BCUT2D eigenvalue weighted by Gasteiger charge is 2.23. The fraction of sp³-hybridized carbons (Fsp3) is 0.471. The van der Waals surface area contributed by atoms with Crippen molar-refractivity contribution in [2.24, 2.45) is 11.8 Å². The van der Waals surface area contributed by atoms with Gasteiger partial charge in [-0.25, -0.2) is 0 Å². The monoisotopic (exact) mass is 269 g/mol. The van der Waals surface area contributed by atoms with Gasteiger partial charge in [-0.2, -0.15) is 0 Å². The maximum atomic E-state index is 5.87. The zero-order valence-corrected chi connectivity index (χ0v) is 11.9. The molecule has 1 aromatic heterocycles. The van der Waals surface area contributed by atoms with Gasteiger partial charge in [-0.15, -0.1) is 0 Å². The summed E-state index contributed by atoms with van der Waals surface area (Å²) in [5, 5.41) is 1.19. The third-order valence-electron chi connectivity index (χ3n) is 4.54. The molecule has 3 nitrogen and oxygen atoms in total. The zero-order chi connectivity index (χ0) is 13.8. The molecule has 1 atom stereocenters. The lowest BCUT2D eigenvalue weighted by Crippen LogP contribution is -2.33. The van der Waals surface area contributed by atoms with Gasteiger partial charge in [0.05, 0.1) is 5.52 Å². The standard InChI is InChI=1S/C17H23N3/c18-20-17(13-6-3-1-2-4-7-13)15-9-10-16-14(12-15)8-5-11-19-16/h5,8-13,17,20H,1-4,6-7,18H2. The summed E-state index contributed by atoms with van der Waals surface area (Å²) in [6.45, 7) is 0. The second-order valence-electron chi connectivity index (χ2n) is 5.85. The van der Waals surface area contributed by atoms with E-state index in [1.54, 1.807) is 0 Å². The molecule has 1 saturated carbocycles. The van der Waals surface area contributed by atoms with Crippen LogP contribution in [0, 0.1) is 5.92 Å². The van der Waals surface area contributed by atoms with Crippen LogP contribution in [0.3, 0.4) is 0 Å². The number of nitrogens with zero attached hydrogens (tertiary/aromatic N) is 1. The Morgan fingerprint density at radius 3 is 2.65 bits per heavy atom. The molecule has 0 radical (unpaired) electrons. The molecule has 0 aliphatic heterocycles. The first-order valence-electron chi connectivity index (χ1n) is 7.69. The van der Waals surface area contributed by atoms with Crippen molar-refractivity contribution >= 4 is 10.9 Å². The average molecular weight is 269 g/mol. The number of rotatable bonds is 3. The number of nitrogens with two attached hydrogens (primary N) is 1. The van der Waals surface area contributed by atoms with Crippen LogP contribution in [-0.4, -0.2) is 4.98 Å². The van der Waals surface area contributed by atoms with Gasteiger partial charge < -0.3 is 0 Å². The van der Waals surface area contributed by atoms with Crippen LogP contribution in [0.2, 0.25) is 0 Å². The number of hydrogen-bond donors (Lipinski definition) is 2. The largest absolute Gasteiger partial charge is 0.271 e. The van der Waals surface area contributed by atoms with Crippen molar-refractivity contribution in [3.8, 4) is 0 Å². The molecule has 1 aromatic carbocycles. The average Bonchev–Trinajstić information content (AvgIpc) is 2.77. The first-order valence-corrected chi connectivity index (χ1v) is 7.69. The zero-order valence-electron chi connectivity index (χ0n) is 11.9. The van der Waals surface area contributed by atoms with E-state index in [-0.39, 0.29) is 6.04 Å². The normalized spacial score (nSPS) is 18.9. The minimum absolute atomic E-state index is 0.262. The summed E-state index contributed by atoms with van der Waals surface area (Å²) < 4.78 is 0. The molecule has 0 amide bonds. The van der Waals surface area contributed by atoms with Gasteiger partial charge >= 0.3 is 0 Å². The molecule has 106 valence electrons. The number of nitrogens with one attached hydrogen (secondary N) is 1. The van der Waals surface area contributed by atoms with Crippen LogP contribution < -0.4 is 11.3 Å². The van der Waals surface area contributed by atoms with E-state index in [0.29, 0.717) is 5.92 Å². The molecule has 3 rings (SSSR count). The van der Waals surface area contributed by atoms with Crippen molar-refractivity contribution in [2.75, 3.05) is 0 Å². The quantitative estimate of drug-likeness (QED) is 0.507. The van der Waals surface area contributed by atoms with Crippen LogP contribution >= 0.6 is 0 Å². The van der Waals surface area contributed by atoms with Gasteiger partial charge in [0.1, 0.15) is 0 Å². The molecule has 0 spiro atoms. The first kappa shape index (κ1) is 13.5. The van der Waals surface area contributed by atoms with E-state index >= 15 is 0 Å². The van der Waals surface area contributed by atoms with Gasteiger partial charge in [-0.1, -0.05) is 37.8 Å². The molecule has 2 aromatic rings. The van der Waals surface area contributed by atoms with E-state index in [2.05, 4.69) is 34.7 Å². The topological polar surface area (TPSA) is 50.9 Å². The van der Waals surface area contributed by atoms with E-state index in [9.17, 15) is 0 Å². The Balaban J connectivity index is 1.89. The van der Waals surface area contributed by atoms with Gasteiger partial charge in [0.25, 0.3) is 0 Å². The Morgan fingerprint density at radius 1 is 1.10 bits per heavy atom. The molecule has 1 aliphatic carbocycles. The highest BCUT2D eigenvalue weighted by molar-refractivity contribution is 5.79. The summed E-state index contributed by atoms with van der Waals surface area (Å²) in [6.07, 6.45) is 9.80. The predicted molar refractivity (Wildman–Crippen MR) is 83.0 cm³/mol. The maximum Gasteiger partial charge on any atom is 0.0702 e. The molecule has 1 heterocycles. The molecular formula is C17H23N3. The van der Waals surface area contributed by atoms with E-state index in [1.165, 1.54) is 49.5 Å². The minimum Gasteiger partial charge on any atom is -0.271 e. The number of hydrogen-bond acceptors (Lipinski definition) is 3. The minimum atomic E-state index is 0.262. The molecule has 3 heteroatoms. The van der Waals surface area contributed by atoms with Crippen molar-refractivity contribution in [1.29, 1.82) is 0 Å². The van der Waals surface area contributed by atoms with Crippen LogP contribution in [0.15, 0.2) is 36.5 Å². The molecule has 3 N–H and O–H groups in total. The summed E-state index contributed by atoms with van der Waals surface area (Å²) in [6, 6.07) is 10.9. The van der Waals surface area contributed by atoms with Gasteiger partial charge in [-0.3, -0.25) is 16.3 Å². The Kier molecular flexibility index (Phi) is 4.28. The van der Waals surface area contributed by atoms with E-state index in [1.807, 2.05) is 12.3 Å². The smallest absolute Gasteiger partial charge is 0.0702 e. The van der Waals surface area contributed by atoms with E-state index in [4.69, 9.17) is 5.84 Å². The third-order valence-corrected chi connectivity index (χ3v) is 4.54. The number of hydrazine groups is 1. The Bertz CT molecular complexity index is 559. The lowest BCUT2D eigenvalue weighted by atomic mass is 9.87. The SMILES string of the molecule is NNC(c1ccc2ncccc2c1)C1CCCCCC1. The summed E-state index contributed by atoms with van der Waals surface area (Å²) in [4.78, 5) is 4.38. The lowest BCUT2D eigenvalue weighted by Gasteiger charge is -2.26. The van der Waals surface area contributed by atoms with Crippen LogP contribution in [0.25, 0.3) is 10.9 Å². The fourth-order valence-electron chi connectivity index (χ4n) is 3.44. The molecule has 0 bridgehead atoms. The number of aromatic nitrogens is 1. The highest BCUT2D eigenvalue weighted by atomic mass is 15.2. The second-order valence-corrected chi connectivity index (χ2v) is 5.85. The van der Waals surface area contributed by atoms with Crippen LogP contribution in [0.5, 0.6) is 0 Å². The molecular weight excluding hydrogens is 246 g/mol. The maximum absolute atomic E-state index is 5.87. The van der Waals surface area contributed by atoms with Gasteiger partial charge in [0.15, 0.2) is 0 Å². The number of fused-ring (bicyclic) bond motifs is 1. The van der Waals surface area contributed by atoms with Crippen molar-refractivity contribution in [1.82, 2.24) is 10.4 Å². The molecule has 1 fully saturated rings. The summed E-state index contributed by atoms with van der Waals surface area (Å²) in [7, 11) is 0. The van der Waals surface area contributed by atoms with Crippen molar-refractivity contribution in [3.05, 3.63) is 42.1 Å². The molecule has 1 aliphatic rings. The Morgan fingerprint density at radius 2 is 1.90 bits per heavy atom. The fourth-order valence-corrected chi connectivity index (χ4v) is 3.44. The first-order chi connectivity index (χ1) is 9.88. The van der Waals surface area contributed by atoms with E-state index < -0.39 is 0 Å². The van der Waals surface area contributed by atoms with Crippen molar-refractivity contribution in [2.45, 2.75) is 44.6 Å². The number of benzene rings is 1. The Hall–Kier alpha value is -1.45. The van der Waals surface area contributed by atoms with Crippen LogP contribution in [0.1, 0.15) is 50.1 Å². The van der Waals surface area contributed by atoms with Gasteiger partial charge in [0, 0.05) is 17.6 Å². The van der Waals surface area contributed by atoms with Gasteiger partial charge in [-0.05, 0) is 42.5 Å². The molecule has 0 saturated heterocycles. The van der Waals surface area contributed by atoms with Crippen molar-refractivity contribution < 1.29 is 0 Å². The highest BCUT2D eigenvalue weighted by Crippen LogP contribution is 2.33. The number of pyridine rings is 1. The Labute approximate surface area is 120 Å². The predicted octanol–water partition coefficient (Wildman–Crippen LogP) is 3.71. The van der Waals surface area contributed by atoms with Crippen LogP contribution in [0.4, 0.5) is 0 Å². The lowest BCUT2D eigenvalue weighted by molar-refractivity contribution is 0.329. The van der Waals surface area contributed by atoms with Gasteiger partial charge in [0.2, 0.25) is 0 Å². The molecule has 20 heavy (non-hydrogen) atoms. The summed E-state index contributed by atoms with van der Waals surface area (Å²) in [5.41, 5.74) is 5.40. The van der Waals surface area contributed by atoms with Crippen molar-refractivity contribution in [3.63, 3.8) is 0 Å². The third kappa shape index (κ3) is 2.84. The summed E-state index contributed by atoms with van der Waals surface area (Å²) >= 11 is 0. The van der Waals surface area contributed by atoms with E-state index in [0.717, 1.165) is 5.52 Å². The second kappa shape index (κ2) is 6.33.